The lowest BCUT2D eigenvalue weighted by molar-refractivity contribution is -0.123. The molecule has 0 aromatic heterocycles. The molecule has 0 unspecified atom stereocenters. The first-order valence-electron chi connectivity index (χ1n) is 8.49. The van der Waals surface area contributed by atoms with E-state index >= 15 is 0 Å². The minimum atomic E-state index is -0.330. The molecule has 2 aromatic carbocycles. The highest BCUT2D eigenvalue weighted by molar-refractivity contribution is 14.1. The molecule has 29 heavy (non-hydrogen) atoms. The van der Waals surface area contributed by atoms with Crippen molar-refractivity contribution < 1.29 is 19.1 Å². The first-order valence-corrected chi connectivity index (χ1v) is 11.6. The predicted molar refractivity (Wildman–Crippen MR) is 127 cm³/mol. The Balaban J connectivity index is 1.75. The third-order valence-corrected chi connectivity index (χ3v) is 6.50. The molecular weight excluding hydrogens is 593 g/mol. The standard InChI is InChI=1S/C20H16BrClINO4S/c1-27-7-6-24-19(25)17(29-20(24)26)10-13-8-15(21)18(16(22)9-13)28-11-12-2-4-14(23)5-3-12/h2-5,8-10H,6-7,11H2,1H3/b17-10+. The summed E-state index contributed by atoms with van der Waals surface area (Å²) in [4.78, 5) is 26.0. The molecule has 1 aliphatic rings. The van der Waals surface area contributed by atoms with Crippen molar-refractivity contribution in [3.8, 4) is 5.75 Å². The monoisotopic (exact) mass is 607 g/mol. The van der Waals surface area contributed by atoms with Gasteiger partial charge < -0.3 is 9.47 Å². The van der Waals surface area contributed by atoms with E-state index in [-0.39, 0.29) is 17.7 Å². The van der Waals surface area contributed by atoms with Crippen LogP contribution >= 0.6 is 61.9 Å². The van der Waals surface area contributed by atoms with Gasteiger partial charge in [-0.15, -0.1) is 0 Å². The number of halogens is 3. The zero-order valence-corrected chi connectivity index (χ0v) is 20.6. The van der Waals surface area contributed by atoms with E-state index in [1.165, 1.54) is 12.0 Å². The van der Waals surface area contributed by atoms with E-state index in [2.05, 4.69) is 38.5 Å². The molecule has 3 rings (SSSR count). The predicted octanol–water partition coefficient (Wildman–Crippen LogP) is 5.97. The van der Waals surface area contributed by atoms with E-state index < -0.39 is 0 Å². The average Bonchev–Trinajstić information content (AvgIpc) is 2.94. The van der Waals surface area contributed by atoms with Crippen LogP contribution in [0.3, 0.4) is 0 Å². The first-order chi connectivity index (χ1) is 13.9. The second-order valence-corrected chi connectivity index (χ2v) is 9.56. The fourth-order valence-corrected chi connectivity index (χ4v) is 4.78. The molecular formula is C20H16BrClINO4S. The second kappa shape index (κ2) is 10.3. The molecule has 0 radical (unpaired) electrons. The summed E-state index contributed by atoms with van der Waals surface area (Å²) in [5, 5.41) is 0.107. The summed E-state index contributed by atoms with van der Waals surface area (Å²) >= 11 is 13.0. The topological polar surface area (TPSA) is 55.8 Å². The number of benzene rings is 2. The summed E-state index contributed by atoms with van der Waals surface area (Å²) in [5.74, 6) is 0.193. The normalized spacial score (nSPS) is 15.4. The lowest BCUT2D eigenvalue weighted by Crippen LogP contribution is -2.31. The van der Waals surface area contributed by atoms with Gasteiger partial charge in [0.05, 0.1) is 27.6 Å². The maximum atomic E-state index is 12.4. The van der Waals surface area contributed by atoms with Crippen LogP contribution in [-0.4, -0.2) is 36.3 Å². The molecule has 0 aliphatic carbocycles. The number of methoxy groups -OCH3 is 1. The number of thioether (sulfide) groups is 1. The van der Waals surface area contributed by atoms with E-state index in [1.807, 2.05) is 24.3 Å². The Hall–Kier alpha value is -1.07. The van der Waals surface area contributed by atoms with Crippen LogP contribution in [0.4, 0.5) is 4.79 Å². The van der Waals surface area contributed by atoms with Gasteiger partial charge in [-0.3, -0.25) is 14.5 Å². The van der Waals surface area contributed by atoms with Gasteiger partial charge in [0.2, 0.25) is 0 Å². The van der Waals surface area contributed by atoms with Gasteiger partial charge >= 0.3 is 0 Å². The second-order valence-electron chi connectivity index (χ2n) is 6.05. The number of nitrogens with zero attached hydrogens (tertiary/aromatic N) is 1. The molecule has 9 heteroatoms. The van der Waals surface area contributed by atoms with Crippen LogP contribution in [0.25, 0.3) is 6.08 Å². The Labute approximate surface area is 200 Å². The summed E-state index contributed by atoms with van der Waals surface area (Å²) in [6, 6.07) is 11.5. The van der Waals surface area contributed by atoms with Crippen LogP contribution in [0.5, 0.6) is 5.75 Å². The van der Waals surface area contributed by atoms with Gasteiger partial charge in [0.15, 0.2) is 5.75 Å². The van der Waals surface area contributed by atoms with Gasteiger partial charge in [-0.25, -0.2) is 0 Å². The molecule has 1 aliphatic heterocycles. The molecule has 0 spiro atoms. The fourth-order valence-electron chi connectivity index (χ4n) is 2.56. The zero-order chi connectivity index (χ0) is 21.0. The smallest absolute Gasteiger partial charge is 0.293 e. The van der Waals surface area contributed by atoms with Gasteiger partial charge in [0, 0.05) is 10.7 Å². The van der Waals surface area contributed by atoms with Crippen LogP contribution in [0, 0.1) is 3.57 Å². The van der Waals surface area contributed by atoms with Crippen molar-refractivity contribution in [3.05, 3.63) is 65.5 Å². The van der Waals surface area contributed by atoms with Crippen molar-refractivity contribution in [2.75, 3.05) is 20.3 Å². The zero-order valence-electron chi connectivity index (χ0n) is 15.3. The molecule has 0 N–H and O–H groups in total. The third kappa shape index (κ3) is 5.75. The molecule has 0 atom stereocenters. The Morgan fingerprint density at radius 1 is 1.24 bits per heavy atom. The lowest BCUT2D eigenvalue weighted by atomic mass is 10.2. The number of rotatable bonds is 7. The Kier molecular flexibility index (Phi) is 8.03. The van der Waals surface area contributed by atoms with Gasteiger partial charge in [-0.1, -0.05) is 23.7 Å². The van der Waals surface area contributed by atoms with E-state index in [0.29, 0.717) is 38.9 Å². The molecule has 5 nitrogen and oxygen atoms in total. The Bertz CT molecular complexity index is 944. The van der Waals surface area contributed by atoms with Crippen molar-refractivity contribution in [2.45, 2.75) is 6.61 Å². The van der Waals surface area contributed by atoms with Crippen molar-refractivity contribution in [2.24, 2.45) is 0 Å². The summed E-state index contributed by atoms with van der Waals surface area (Å²) in [5.41, 5.74) is 1.72. The number of ether oxygens (including phenoxy) is 2. The largest absolute Gasteiger partial charge is 0.486 e. The summed E-state index contributed by atoms with van der Waals surface area (Å²) in [6.07, 6.45) is 1.65. The molecule has 1 fully saturated rings. The number of imide groups is 1. The number of amides is 2. The maximum absolute atomic E-state index is 12.4. The van der Waals surface area contributed by atoms with E-state index in [0.717, 1.165) is 20.9 Å². The van der Waals surface area contributed by atoms with Crippen LogP contribution in [0.2, 0.25) is 5.02 Å². The third-order valence-electron chi connectivity index (χ3n) is 4.01. The average molecular weight is 609 g/mol. The lowest BCUT2D eigenvalue weighted by Gasteiger charge is -2.12. The highest BCUT2D eigenvalue weighted by Gasteiger charge is 2.34. The minimum absolute atomic E-state index is 0.230. The number of carbonyl (C=O) groups is 2. The molecule has 2 aromatic rings. The van der Waals surface area contributed by atoms with Crippen LogP contribution < -0.4 is 4.74 Å². The maximum Gasteiger partial charge on any atom is 0.293 e. The van der Waals surface area contributed by atoms with Crippen molar-refractivity contribution >= 4 is 79.1 Å². The van der Waals surface area contributed by atoms with E-state index in [1.54, 1.807) is 18.2 Å². The van der Waals surface area contributed by atoms with E-state index in [4.69, 9.17) is 21.1 Å². The first kappa shape index (κ1) is 22.6. The minimum Gasteiger partial charge on any atom is -0.486 e. The van der Waals surface area contributed by atoms with Gasteiger partial charge in [0.1, 0.15) is 6.61 Å². The fraction of sp³-hybridized carbons (Fsp3) is 0.200. The van der Waals surface area contributed by atoms with Gasteiger partial charge in [-0.2, -0.15) is 0 Å². The number of hydrogen-bond donors (Lipinski definition) is 0. The molecule has 0 bridgehead atoms. The highest BCUT2D eigenvalue weighted by atomic mass is 127. The van der Waals surface area contributed by atoms with Crippen LogP contribution in [0.15, 0.2) is 45.8 Å². The van der Waals surface area contributed by atoms with Crippen molar-refractivity contribution in [1.29, 1.82) is 0 Å². The highest BCUT2D eigenvalue weighted by Crippen LogP contribution is 2.38. The Morgan fingerprint density at radius 3 is 2.62 bits per heavy atom. The van der Waals surface area contributed by atoms with Crippen LogP contribution in [-0.2, 0) is 16.1 Å². The Morgan fingerprint density at radius 2 is 1.97 bits per heavy atom. The number of carbonyl (C=O) groups excluding carboxylic acids is 2. The summed E-state index contributed by atoms with van der Waals surface area (Å²) in [7, 11) is 1.52. The van der Waals surface area contributed by atoms with Crippen molar-refractivity contribution in [1.82, 2.24) is 4.90 Å². The quantitative estimate of drug-likeness (QED) is 0.287. The van der Waals surface area contributed by atoms with Crippen LogP contribution in [0.1, 0.15) is 11.1 Å². The van der Waals surface area contributed by atoms with Crippen molar-refractivity contribution in [3.63, 3.8) is 0 Å². The SMILES string of the molecule is COCCN1C(=O)S/C(=C/c2cc(Cl)c(OCc3ccc(I)cc3)c(Br)c2)C1=O. The molecule has 2 amide bonds. The summed E-state index contributed by atoms with van der Waals surface area (Å²) in [6.45, 7) is 0.913. The molecule has 0 saturated carbocycles. The molecule has 152 valence electrons. The van der Waals surface area contributed by atoms with Gasteiger partial charge in [-0.05, 0) is 91.8 Å². The van der Waals surface area contributed by atoms with E-state index in [9.17, 15) is 9.59 Å². The van der Waals surface area contributed by atoms with Gasteiger partial charge in [0.25, 0.3) is 11.1 Å². The summed E-state index contributed by atoms with van der Waals surface area (Å²) < 4.78 is 12.6. The number of hydrogen-bond acceptors (Lipinski definition) is 5. The molecule has 1 saturated heterocycles. The molecule has 1 heterocycles.